The van der Waals surface area contributed by atoms with Crippen molar-refractivity contribution < 1.29 is 18.7 Å². The molecule has 4 nitrogen and oxygen atoms in total. The summed E-state index contributed by atoms with van der Waals surface area (Å²) in [6.45, 7) is 2.96. The maximum absolute atomic E-state index is 11.3. The van der Waals surface area contributed by atoms with Gasteiger partial charge in [0.1, 0.15) is 5.60 Å². The van der Waals surface area contributed by atoms with Crippen LogP contribution in [0.25, 0.3) is 0 Å². The zero-order valence-corrected chi connectivity index (χ0v) is 8.51. The summed E-state index contributed by atoms with van der Waals surface area (Å²) in [4.78, 5) is 0. The van der Waals surface area contributed by atoms with Crippen LogP contribution in [0, 0.1) is 11.6 Å². The van der Waals surface area contributed by atoms with E-state index in [1.807, 2.05) is 0 Å². The van der Waals surface area contributed by atoms with Crippen molar-refractivity contribution in [3.63, 3.8) is 0 Å². The molecule has 0 aliphatic rings. The van der Waals surface area contributed by atoms with Gasteiger partial charge in [-0.3, -0.25) is 0 Å². The molecular formula is C7H13O4P. The van der Waals surface area contributed by atoms with E-state index in [2.05, 4.69) is 20.6 Å². The van der Waals surface area contributed by atoms with E-state index in [0.717, 1.165) is 0 Å². The summed E-state index contributed by atoms with van der Waals surface area (Å²) >= 11 is 0. The Kier molecular flexibility index (Phi) is 3.95. The van der Waals surface area contributed by atoms with Gasteiger partial charge in [0.15, 0.2) is 0 Å². The molecule has 0 aromatic rings. The molecular weight excluding hydrogens is 179 g/mol. The Bertz CT molecular complexity index is 234. The molecule has 0 atom stereocenters. The van der Waals surface area contributed by atoms with Crippen molar-refractivity contribution >= 4 is 7.60 Å². The van der Waals surface area contributed by atoms with Crippen LogP contribution in [0.1, 0.15) is 13.8 Å². The summed E-state index contributed by atoms with van der Waals surface area (Å²) in [5.41, 5.74) is 1.06. The second kappa shape index (κ2) is 4.06. The third kappa shape index (κ3) is 4.53. The highest BCUT2D eigenvalue weighted by atomic mass is 31.2. The fourth-order valence-corrected chi connectivity index (χ4v) is 1.11. The van der Waals surface area contributed by atoms with E-state index in [1.165, 1.54) is 28.1 Å². The Labute approximate surface area is 72.4 Å². The van der Waals surface area contributed by atoms with E-state index >= 15 is 0 Å². The van der Waals surface area contributed by atoms with Crippen molar-refractivity contribution in [2.24, 2.45) is 0 Å². The highest BCUT2D eigenvalue weighted by molar-refractivity contribution is 7.59. The van der Waals surface area contributed by atoms with E-state index in [0.29, 0.717) is 0 Å². The zero-order chi connectivity index (χ0) is 9.83. The van der Waals surface area contributed by atoms with Gasteiger partial charge in [0.2, 0.25) is 0 Å². The summed E-state index contributed by atoms with van der Waals surface area (Å²) in [6.07, 6.45) is 0. The molecule has 0 spiro atoms. The monoisotopic (exact) mass is 192 g/mol. The number of rotatable bonds is 2. The van der Waals surface area contributed by atoms with Gasteiger partial charge in [0.25, 0.3) is 0 Å². The Morgan fingerprint density at radius 2 is 1.75 bits per heavy atom. The molecule has 0 aromatic carbocycles. The lowest BCUT2D eigenvalue weighted by Crippen LogP contribution is -2.14. The first-order valence-corrected chi connectivity index (χ1v) is 4.85. The van der Waals surface area contributed by atoms with Crippen LogP contribution < -0.4 is 0 Å². The smallest absolute Gasteiger partial charge is 0.378 e. The van der Waals surface area contributed by atoms with E-state index in [-0.39, 0.29) is 0 Å². The van der Waals surface area contributed by atoms with Gasteiger partial charge in [0, 0.05) is 19.9 Å². The van der Waals surface area contributed by atoms with E-state index < -0.39 is 13.2 Å². The SMILES string of the molecule is COP(=O)(C#CC(C)(C)O)OC. The van der Waals surface area contributed by atoms with Crippen LogP contribution in [-0.2, 0) is 13.6 Å². The number of hydrogen-bond acceptors (Lipinski definition) is 4. The van der Waals surface area contributed by atoms with Gasteiger partial charge < -0.3 is 14.2 Å². The van der Waals surface area contributed by atoms with Gasteiger partial charge in [-0.15, -0.1) is 0 Å². The number of hydrogen-bond donors (Lipinski definition) is 1. The molecule has 0 aliphatic carbocycles. The van der Waals surface area contributed by atoms with Gasteiger partial charge in [-0.2, -0.15) is 0 Å². The number of aliphatic hydroxyl groups is 1. The first kappa shape index (κ1) is 11.7. The van der Waals surface area contributed by atoms with Crippen LogP contribution >= 0.6 is 7.60 Å². The predicted molar refractivity (Wildman–Crippen MR) is 45.7 cm³/mol. The molecule has 5 heteroatoms. The Morgan fingerprint density at radius 1 is 1.33 bits per heavy atom. The van der Waals surface area contributed by atoms with Crippen LogP contribution in [0.4, 0.5) is 0 Å². The summed E-state index contributed by atoms with van der Waals surface area (Å²) in [7, 11) is -0.820. The lowest BCUT2D eigenvalue weighted by Gasteiger charge is -2.09. The van der Waals surface area contributed by atoms with Crippen molar-refractivity contribution in [3.8, 4) is 11.6 Å². The van der Waals surface area contributed by atoms with Gasteiger partial charge in [-0.05, 0) is 13.8 Å². The minimum absolute atomic E-state index is 1.19. The van der Waals surface area contributed by atoms with Crippen molar-refractivity contribution in [2.75, 3.05) is 14.2 Å². The van der Waals surface area contributed by atoms with Crippen LogP contribution in [0.3, 0.4) is 0 Å². The molecule has 0 aromatic heterocycles. The molecule has 0 saturated carbocycles. The quantitative estimate of drug-likeness (QED) is 0.527. The molecule has 0 radical (unpaired) electrons. The maximum atomic E-state index is 11.3. The maximum Gasteiger partial charge on any atom is 0.405 e. The summed E-state index contributed by atoms with van der Waals surface area (Å²) < 4.78 is 20.3. The molecule has 12 heavy (non-hydrogen) atoms. The minimum Gasteiger partial charge on any atom is -0.378 e. The molecule has 0 heterocycles. The predicted octanol–water partition coefficient (Wildman–Crippen LogP) is 1.20. The molecule has 0 aliphatic heterocycles. The molecule has 0 unspecified atom stereocenters. The molecule has 0 rings (SSSR count). The van der Waals surface area contributed by atoms with Crippen LogP contribution in [0.2, 0.25) is 0 Å². The first-order chi connectivity index (χ1) is 5.33. The molecule has 70 valence electrons. The molecule has 0 saturated heterocycles. The lowest BCUT2D eigenvalue weighted by atomic mass is 10.2. The highest BCUT2D eigenvalue weighted by Crippen LogP contribution is 2.44. The minimum atomic E-state index is -3.30. The standard InChI is InChI=1S/C7H13O4P/c1-7(2,8)5-6-12(9,10-3)11-4/h8H,1-4H3. The van der Waals surface area contributed by atoms with Gasteiger partial charge in [-0.25, -0.2) is 4.57 Å². The first-order valence-electron chi connectivity index (χ1n) is 3.31. The van der Waals surface area contributed by atoms with Gasteiger partial charge >= 0.3 is 7.60 Å². The topological polar surface area (TPSA) is 55.8 Å². The highest BCUT2D eigenvalue weighted by Gasteiger charge is 2.18. The Balaban J connectivity index is 4.58. The van der Waals surface area contributed by atoms with Crippen LogP contribution in [-0.4, -0.2) is 24.9 Å². The van der Waals surface area contributed by atoms with E-state index in [1.54, 1.807) is 0 Å². The van der Waals surface area contributed by atoms with Gasteiger partial charge in [-0.1, -0.05) is 5.92 Å². The van der Waals surface area contributed by atoms with E-state index in [9.17, 15) is 4.57 Å². The zero-order valence-electron chi connectivity index (χ0n) is 7.62. The third-order valence-corrected chi connectivity index (χ3v) is 2.33. The van der Waals surface area contributed by atoms with Crippen molar-refractivity contribution in [1.82, 2.24) is 0 Å². The molecule has 0 amide bonds. The van der Waals surface area contributed by atoms with Gasteiger partial charge in [0.05, 0.1) is 0 Å². The average Bonchev–Trinajstić information content (AvgIpc) is 1.99. The normalized spacial score (nSPS) is 12.1. The second-order valence-electron chi connectivity index (χ2n) is 2.66. The summed E-state index contributed by atoms with van der Waals surface area (Å²) in [5.74, 6) is 2.36. The summed E-state index contributed by atoms with van der Waals surface area (Å²) in [6, 6.07) is 0. The molecule has 0 bridgehead atoms. The van der Waals surface area contributed by atoms with Crippen LogP contribution in [0.5, 0.6) is 0 Å². The summed E-state index contributed by atoms with van der Waals surface area (Å²) in [5, 5.41) is 9.17. The van der Waals surface area contributed by atoms with Crippen molar-refractivity contribution in [2.45, 2.75) is 19.4 Å². The molecule has 1 N–H and O–H groups in total. The largest absolute Gasteiger partial charge is 0.405 e. The van der Waals surface area contributed by atoms with Crippen molar-refractivity contribution in [1.29, 1.82) is 0 Å². The average molecular weight is 192 g/mol. The second-order valence-corrected chi connectivity index (χ2v) is 4.61. The third-order valence-electron chi connectivity index (χ3n) is 0.979. The lowest BCUT2D eigenvalue weighted by molar-refractivity contribution is 0.143. The fourth-order valence-electron chi connectivity index (χ4n) is 0.371. The van der Waals surface area contributed by atoms with E-state index in [4.69, 9.17) is 5.11 Å². The Hall–Kier alpha value is -0.330. The fraction of sp³-hybridized carbons (Fsp3) is 0.714. The molecule has 0 fully saturated rings. The van der Waals surface area contributed by atoms with Crippen LogP contribution in [0.15, 0.2) is 0 Å². The Morgan fingerprint density at radius 3 is 2.00 bits per heavy atom. The van der Waals surface area contributed by atoms with Crippen molar-refractivity contribution in [3.05, 3.63) is 0 Å².